The number of ether oxygens (including phenoxy) is 1. The second kappa shape index (κ2) is 5.16. The van der Waals surface area contributed by atoms with Gasteiger partial charge in [0, 0.05) is 11.1 Å². The van der Waals surface area contributed by atoms with Crippen molar-refractivity contribution >= 4 is 5.97 Å². The zero-order valence-corrected chi connectivity index (χ0v) is 11.5. The Hall–Kier alpha value is -1.64. The Balaban J connectivity index is 2.41. The smallest absolute Gasteiger partial charge is 0.333 e. The van der Waals surface area contributed by atoms with Crippen molar-refractivity contribution < 1.29 is 13.9 Å². The highest BCUT2D eigenvalue weighted by Crippen LogP contribution is 2.44. The van der Waals surface area contributed by atoms with Gasteiger partial charge in [-0.1, -0.05) is 32.1 Å². The summed E-state index contributed by atoms with van der Waals surface area (Å²) in [6.45, 7) is 7.28. The lowest BCUT2D eigenvalue weighted by Gasteiger charge is -2.30. The van der Waals surface area contributed by atoms with Gasteiger partial charge in [-0.05, 0) is 37.8 Å². The molecule has 0 heterocycles. The molecular weight excluding hydrogens is 243 g/mol. The Labute approximate surface area is 113 Å². The highest BCUT2D eigenvalue weighted by atomic mass is 19.1. The van der Waals surface area contributed by atoms with Crippen LogP contribution in [0.1, 0.15) is 44.2 Å². The summed E-state index contributed by atoms with van der Waals surface area (Å²) in [6, 6.07) is 5.01. The van der Waals surface area contributed by atoms with Crippen LogP contribution in [0.4, 0.5) is 4.39 Å². The standard InChI is InChI=1S/C16H19FO2/c1-4-9-16(19-15(18)11(2)3)10-8-12-13(16)6-5-7-14(12)17/h5-7H,2,4,8-10H2,1,3H3. The molecule has 0 bridgehead atoms. The molecule has 0 saturated heterocycles. The van der Waals surface area contributed by atoms with Crippen LogP contribution in [0.15, 0.2) is 30.4 Å². The van der Waals surface area contributed by atoms with Gasteiger partial charge in [0.05, 0.1) is 0 Å². The third-order valence-electron chi connectivity index (χ3n) is 3.68. The minimum absolute atomic E-state index is 0.207. The molecule has 0 saturated carbocycles. The second-order valence-electron chi connectivity index (χ2n) is 5.18. The van der Waals surface area contributed by atoms with Crippen molar-refractivity contribution in [3.05, 3.63) is 47.3 Å². The number of halogens is 1. The van der Waals surface area contributed by atoms with E-state index >= 15 is 0 Å². The lowest BCUT2D eigenvalue weighted by atomic mass is 9.90. The molecule has 102 valence electrons. The van der Waals surface area contributed by atoms with Crippen molar-refractivity contribution in [1.29, 1.82) is 0 Å². The van der Waals surface area contributed by atoms with E-state index in [0.717, 1.165) is 12.0 Å². The predicted octanol–water partition coefficient (Wildman–Crippen LogP) is 3.89. The quantitative estimate of drug-likeness (QED) is 0.608. The van der Waals surface area contributed by atoms with Gasteiger partial charge in [0.1, 0.15) is 11.4 Å². The maximum Gasteiger partial charge on any atom is 0.333 e. The van der Waals surface area contributed by atoms with Crippen LogP contribution in [0.5, 0.6) is 0 Å². The summed E-state index contributed by atoms with van der Waals surface area (Å²) in [5, 5.41) is 0. The van der Waals surface area contributed by atoms with E-state index in [1.807, 2.05) is 13.0 Å². The van der Waals surface area contributed by atoms with Crippen LogP contribution in [0, 0.1) is 5.82 Å². The van der Waals surface area contributed by atoms with E-state index in [1.165, 1.54) is 6.07 Å². The van der Waals surface area contributed by atoms with Crippen molar-refractivity contribution in [1.82, 2.24) is 0 Å². The van der Waals surface area contributed by atoms with Gasteiger partial charge in [-0.2, -0.15) is 0 Å². The van der Waals surface area contributed by atoms with Crippen molar-refractivity contribution in [2.45, 2.75) is 45.1 Å². The molecular formula is C16H19FO2. The first-order chi connectivity index (χ1) is 9.00. The van der Waals surface area contributed by atoms with Gasteiger partial charge in [-0.15, -0.1) is 0 Å². The van der Waals surface area contributed by atoms with Gasteiger partial charge in [0.25, 0.3) is 0 Å². The molecule has 1 aliphatic rings. The van der Waals surface area contributed by atoms with Crippen LogP contribution in [-0.4, -0.2) is 5.97 Å². The van der Waals surface area contributed by atoms with Gasteiger partial charge >= 0.3 is 5.97 Å². The largest absolute Gasteiger partial charge is 0.451 e. The number of rotatable bonds is 4. The van der Waals surface area contributed by atoms with E-state index in [1.54, 1.807) is 13.0 Å². The van der Waals surface area contributed by atoms with Crippen LogP contribution in [0.3, 0.4) is 0 Å². The molecule has 3 heteroatoms. The van der Waals surface area contributed by atoms with Crippen LogP contribution < -0.4 is 0 Å². The third-order valence-corrected chi connectivity index (χ3v) is 3.68. The molecule has 0 radical (unpaired) electrons. The normalized spacial score (nSPS) is 21.0. The number of carbonyl (C=O) groups excluding carboxylic acids is 1. The molecule has 1 aromatic rings. The van der Waals surface area contributed by atoms with Crippen molar-refractivity contribution in [2.75, 3.05) is 0 Å². The Bertz CT molecular complexity index is 521. The van der Waals surface area contributed by atoms with E-state index in [4.69, 9.17) is 4.74 Å². The molecule has 1 aliphatic carbocycles. The number of carbonyl (C=O) groups is 1. The zero-order valence-electron chi connectivity index (χ0n) is 11.5. The minimum Gasteiger partial charge on any atom is -0.451 e. The van der Waals surface area contributed by atoms with Crippen molar-refractivity contribution in [3.8, 4) is 0 Å². The monoisotopic (exact) mass is 262 g/mol. The summed E-state index contributed by atoms with van der Waals surface area (Å²) in [7, 11) is 0. The van der Waals surface area contributed by atoms with E-state index in [2.05, 4.69) is 6.58 Å². The highest BCUT2D eigenvalue weighted by molar-refractivity contribution is 5.87. The maximum absolute atomic E-state index is 13.8. The van der Waals surface area contributed by atoms with Crippen LogP contribution >= 0.6 is 0 Å². The topological polar surface area (TPSA) is 26.3 Å². The van der Waals surface area contributed by atoms with Crippen LogP contribution in [-0.2, 0) is 21.6 Å². The summed E-state index contributed by atoms with van der Waals surface area (Å²) < 4.78 is 19.5. The van der Waals surface area contributed by atoms with Gasteiger partial charge in [0.15, 0.2) is 0 Å². The van der Waals surface area contributed by atoms with Crippen molar-refractivity contribution in [2.24, 2.45) is 0 Å². The van der Waals surface area contributed by atoms with Gasteiger partial charge in [-0.25, -0.2) is 9.18 Å². The van der Waals surface area contributed by atoms with Crippen LogP contribution in [0.2, 0.25) is 0 Å². The molecule has 2 nitrogen and oxygen atoms in total. The number of hydrogen-bond donors (Lipinski definition) is 0. The van der Waals surface area contributed by atoms with Gasteiger partial charge in [0.2, 0.25) is 0 Å². The molecule has 0 aromatic heterocycles. The summed E-state index contributed by atoms with van der Waals surface area (Å²) in [6.07, 6.45) is 2.85. The maximum atomic E-state index is 13.8. The molecule has 0 N–H and O–H groups in total. The first-order valence-electron chi connectivity index (χ1n) is 6.67. The molecule has 0 aliphatic heterocycles. The first-order valence-corrected chi connectivity index (χ1v) is 6.67. The first kappa shape index (κ1) is 13.8. The second-order valence-corrected chi connectivity index (χ2v) is 5.18. The van der Waals surface area contributed by atoms with Gasteiger partial charge in [-0.3, -0.25) is 0 Å². The Morgan fingerprint density at radius 2 is 2.26 bits per heavy atom. The Morgan fingerprint density at radius 1 is 1.53 bits per heavy atom. The lowest BCUT2D eigenvalue weighted by molar-refractivity contribution is -0.157. The fourth-order valence-electron chi connectivity index (χ4n) is 2.79. The fraction of sp³-hybridized carbons (Fsp3) is 0.438. The zero-order chi connectivity index (χ0) is 14.0. The third kappa shape index (κ3) is 2.42. The van der Waals surface area contributed by atoms with E-state index in [9.17, 15) is 9.18 Å². The summed E-state index contributed by atoms with van der Waals surface area (Å²) in [5.74, 6) is -0.604. The molecule has 2 rings (SSSR count). The fourth-order valence-corrected chi connectivity index (χ4v) is 2.79. The van der Waals surface area contributed by atoms with Crippen molar-refractivity contribution in [3.63, 3.8) is 0 Å². The SMILES string of the molecule is C=C(C)C(=O)OC1(CCC)CCc2c(F)cccc21. The molecule has 0 fully saturated rings. The van der Waals surface area contributed by atoms with E-state index in [0.29, 0.717) is 30.4 Å². The lowest BCUT2D eigenvalue weighted by Crippen LogP contribution is -2.30. The molecule has 0 spiro atoms. The van der Waals surface area contributed by atoms with Gasteiger partial charge < -0.3 is 4.74 Å². The average Bonchev–Trinajstić information content (AvgIpc) is 2.70. The van der Waals surface area contributed by atoms with E-state index in [-0.39, 0.29) is 5.82 Å². The summed E-state index contributed by atoms with van der Waals surface area (Å²) in [5.41, 5.74) is 1.21. The molecule has 0 amide bonds. The number of fused-ring (bicyclic) bond motifs is 1. The van der Waals surface area contributed by atoms with Crippen LogP contribution in [0.25, 0.3) is 0 Å². The summed E-state index contributed by atoms with van der Waals surface area (Å²) >= 11 is 0. The highest BCUT2D eigenvalue weighted by Gasteiger charge is 2.42. The average molecular weight is 262 g/mol. The predicted molar refractivity (Wildman–Crippen MR) is 72.2 cm³/mol. The number of esters is 1. The Kier molecular flexibility index (Phi) is 3.74. The van der Waals surface area contributed by atoms with E-state index < -0.39 is 11.6 Å². The minimum atomic E-state index is -0.678. The number of benzene rings is 1. The molecule has 1 atom stereocenters. The molecule has 19 heavy (non-hydrogen) atoms. The molecule has 1 aromatic carbocycles. The summed E-state index contributed by atoms with van der Waals surface area (Å²) in [4.78, 5) is 11.9. The molecule has 1 unspecified atom stereocenters. The number of hydrogen-bond acceptors (Lipinski definition) is 2. The Morgan fingerprint density at radius 3 is 2.89 bits per heavy atom.